The maximum absolute atomic E-state index is 14.7. The Bertz CT molecular complexity index is 724. The minimum atomic E-state index is -0.660. The van der Waals surface area contributed by atoms with Gasteiger partial charge in [-0.3, -0.25) is 25.6 Å². The predicted molar refractivity (Wildman–Crippen MR) is 104 cm³/mol. The van der Waals surface area contributed by atoms with E-state index in [4.69, 9.17) is 0 Å². The standard InChI is InChI=1S/C19H29FN6O3/c1-12-21-17(23-15-7-4-8-15)16(20)18(22-12)24-25-19(28)14(10-26(29)11-27)9-13-5-2-3-6-13/h11,13-15,29H,2-10H2,1H3,(H,25,28)(H2,21,22,23,24)/t14-/m1/s1. The summed E-state index contributed by atoms with van der Waals surface area (Å²) in [5.41, 5.74) is 5.02. The minimum Gasteiger partial charge on any atom is -0.365 e. The van der Waals surface area contributed by atoms with Crippen molar-refractivity contribution in [1.29, 1.82) is 0 Å². The molecule has 0 spiro atoms. The molecule has 1 atom stereocenters. The largest absolute Gasteiger partial charge is 0.365 e. The maximum atomic E-state index is 14.7. The van der Waals surface area contributed by atoms with E-state index in [0.29, 0.717) is 23.2 Å². The topological polar surface area (TPSA) is 119 Å². The van der Waals surface area contributed by atoms with Gasteiger partial charge < -0.3 is 5.32 Å². The first-order valence-corrected chi connectivity index (χ1v) is 10.2. The van der Waals surface area contributed by atoms with E-state index in [1.165, 1.54) is 0 Å². The van der Waals surface area contributed by atoms with E-state index in [1.54, 1.807) is 6.92 Å². The van der Waals surface area contributed by atoms with Gasteiger partial charge >= 0.3 is 0 Å². The van der Waals surface area contributed by atoms with E-state index in [1.807, 2.05) is 0 Å². The average Bonchev–Trinajstić information content (AvgIpc) is 3.17. The normalized spacial score (nSPS) is 18.0. The van der Waals surface area contributed by atoms with Crippen molar-refractivity contribution in [2.75, 3.05) is 17.3 Å². The zero-order valence-corrected chi connectivity index (χ0v) is 16.7. The molecule has 2 amide bonds. The smallest absolute Gasteiger partial charge is 0.243 e. The summed E-state index contributed by atoms with van der Waals surface area (Å²) in [5, 5.41) is 13.1. The van der Waals surface area contributed by atoms with Crippen LogP contribution in [0, 0.1) is 24.6 Å². The molecule has 0 saturated heterocycles. The van der Waals surface area contributed by atoms with Gasteiger partial charge in [0.25, 0.3) is 0 Å². The summed E-state index contributed by atoms with van der Waals surface area (Å²) >= 11 is 0. The molecule has 2 aliphatic carbocycles. The first-order chi connectivity index (χ1) is 14.0. The SMILES string of the molecule is Cc1nc(NNC(=O)[C@H](CC2CCCC2)CN(O)C=O)c(F)c(NC2CCC2)n1. The Kier molecular flexibility index (Phi) is 7.18. The van der Waals surface area contributed by atoms with Crippen LogP contribution in [0.25, 0.3) is 0 Å². The second kappa shape index (κ2) is 9.82. The number of amides is 2. The molecule has 9 nitrogen and oxygen atoms in total. The fraction of sp³-hybridized carbons (Fsp3) is 0.684. The third kappa shape index (κ3) is 5.75. The Labute approximate surface area is 169 Å². The molecule has 1 aromatic rings. The fourth-order valence-corrected chi connectivity index (χ4v) is 3.89. The molecule has 10 heteroatoms. The van der Waals surface area contributed by atoms with E-state index in [2.05, 4.69) is 26.1 Å². The summed E-state index contributed by atoms with van der Waals surface area (Å²) in [4.78, 5) is 31.6. The van der Waals surface area contributed by atoms with Gasteiger partial charge in [-0.15, -0.1) is 0 Å². The maximum Gasteiger partial charge on any atom is 0.243 e. The van der Waals surface area contributed by atoms with Crippen LogP contribution < -0.4 is 16.2 Å². The van der Waals surface area contributed by atoms with Crippen molar-refractivity contribution < 1.29 is 19.2 Å². The van der Waals surface area contributed by atoms with Gasteiger partial charge in [0.15, 0.2) is 11.6 Å². The lowest BCUT2D eigenvalue weighted by molar-refractivity contribution is -0.154. The second-order valence-electron chi connectivity index (χ2n) is 7.98. The van der Waals surface area contributed by atoms with Crippen LogP contribution in [0.5, 0.6) is 0 Å². The van der Waals surface area contributed by atoms with Crippen LogP contribution in [-0.4, -0.2) is 45.1 Å². The number of hydrogen-bond acceptors (Lipinski definition) is 7. The number of nitrogens with one attached hydrogen (secondary N) is 3. The highest BCUT2D eigenvalue weighted by atomic mass is 19.1. The summed E-state index contributed by atoms with van der Waals surface area (Å²) in [6.07, 6.45) is 8.17. The zero-order chi connectivity index (χ0) is 20.8. The summed E-state index contributed by atoms with van der Waals surface area (Å²) in [7, 11) is 0. The van der Waals surface area contributed by atoms with E-state index in [9.17, 15) is 19.2 Å². The number of carbonyl (C=O) groups excluding carboxylic acids is 2. The van der Waals surface area contributed by atoms with Crippen LogP contribution in [0.15, 0.2) is 0 Å². The van der Waals surface area contributed by atoms with Gasteiger partial charge in [-0.05, 0) is 38.5 Å². The summed E-state index contributed by atoms with van der Waals surface area (Å²) in [5.74, 6) is -0.960. The Balaban J connectivity index is 1.63. The van der Waals surface area contributed by atoms with Crippen LogP contribution in [0.3, 0.4) is 0 Å². The van der Waals surface area contributed by atoms with E-state index in [-0.39, 0.29) is 30.6 Å². The van der Waals surface area contributed by atoms with Crippen molar-refractivity contribution in [3.8, 4) is 0 Å². The van der Waals surface area contributed by atoms with Crippen molar-refractivity contribution in [1.82, 2.24) is 20.5 Å². The third-order valence-corrected chi connectivity index (χ3v) is 5.71. The van der Waals surface area contributed by atoms with Crippen LogP contribution in [0.2, 0.25) is 0 Å². The molecule has 0 bridgehead atoms. The van der Waals surface area contributed by atoms with E-state index >= 15 is 0 Å². The van der Waals surface area contributed by atoms with Crippen molar-refractivity contribution in [3.05, 3.63) is 11.6 Å². The van der Waals surface area contributed by atoms with Crippen LogP contribution in [-0.2, 0) is 9.59 Å². The Morgan fingerprint density at radius 2 is 1.93 bits per heavy atom. The molecule has 2 aliphatic rings. The number of carbonyl (C=O) groups is 2. The Morgan fingerprint density at radius 3 is 2.55 bits per heavy atom. The highest BCUT2D eigenvalue weighted by Gasteiger charge is 2.27. The lowest BCUT2D eigenvalue weighted by Crippen LogP contribution is -2.41. The molecule has 3 rings (SSSR count). The molecule has 2 saturated carbocycles. The molecule has 4 N–H and O–H groups in total. The molecule has 0 aliphatic heterocycles. The summed E-state index contributed by atoms with van der Waals surface area (Å²) in [6.45, 7) is 1.53. The fourth-order valence-electron chi connectivity index (χ4n) is 3.89. The van der Waals surface area contributed by atoms with Gasteiger partial charge in [0.05, 0.1) is 12.5 Å². The minimum absolute atomic E-state index is 0.115. The molecular weight excluding hydrogens is 379 g/mol. The average molecular weight is 408 g/mol. The molecule has 160 valence electrons. The summed E-state index contributed by atoms with van der Waals surface area (Å²) in [6, 6.07) is 0.205. The molecule has 0 unspecified atom stereocenters. The Morgan fingerprint density at radius 1 is 1.24 bits per heavy atom. The number of anilines is 2. The highest BCUT2D eigenvalue weighted by Crippen LogP contribution is 2.31. The van der Waals surface area contributed by atoms with Gasteiger partial charge in [0.2, 0.25) is 18.1 Å². The quantitative estimate of drug-likeness (QED) is 0.267. The number of aromatic nitrogens is 2. The molecule has 1 heterocycles. The number of hydroxylamine groups is 2. The van der Waals surface area contributed by atoms with Crippen LogP contribution >= 0.6 is 0 Å². The van der Waals surface area contributed by atoms with E-state index < -0.39 is 17.6 Å². The van der Waals surface area contributed by atoms with Gasteiger partial charge in [-0.1, -0.05) is 25.7 Å². The molecule has 2 fully saturated rings. The second-order valence-corrected chi connectivity index (χ2v) is 7.98. The monoisotopic (exact) mass is 408 g/mol. The molecule has 1 aromatic heterocycles. The number of hydrazine groups is 1. The van der Waals surface area contributed by atoms with Gasteiger partial charge in [0.1, 0.15) is 5.82 Å². The van der Waals surface area contributed by atoms with Crippen molar-refractivity contribution in [2.24, 2.45) is 11.8 Å². The first-order valence-electron chi connectivity index (χ1n) is 10.2. The lowest BCUT2D eigenvalue weighted by Gasteiger charge is -2.27. The van der Waals surface area contributed by atoms with Gasteiger partial charge in [0, 0.05) is 6.04 Å². The predicted octanol–water partition coefficient (Wildman–Crippen LogP) is 2.38. The molecule has 0 aromatic carbocycles. The zero-order valence-electron chi connectivity index (χ0n) is 16.7. The summed E-state index contributed by atoms with van der Waals surface area (Å²) < 4.78 is 14.7. The number of rotatable bonds is 10. The van der Waals surface area contributed by atoms with Crippen molar-refractivity contribution >= 4 is 24.0 Å². The Hall–Kier alpha value is -2.49. The van der Waals surface area contributed by atoms with Crippen molar-refractivity contribution in [2.45, 2.75) is 64.3 Å². The number of aryl methyl sites for hydroxylation is 1. The number of hydrogen-bond donors (Lipinski definition) is 4. The first kappa shape index (κ1) is 21.2. The highest BCUT2D eigenvalue weighted by molar-refractivity contribution is 5.80. The van der Waals surface area contributed by atoms with Crippen LogP contribution in [0.4, 0.5) is 16.0 Å². The van der Waals surface area contributed by atoms with Gasteiger partial charge in [-0.2, -0.15) is 4.39 Å². The number of halogens is 1. The molecular formula is C19H29FN6O3. The lowest BCUT2D eigenvalue weighted by atomic mass is 9.92. The molecule has 0 radical (unpaired) electrons. The van der Waals surface area contributed by atoms with E-state index in [0.717, 1.165) is 44.9 Å². The van der Waals surface area contributed by atoms with Crippen molar-refractivity contribution in [3.63, 3.8) is 0 Å². The number of nitrogens with zero attached hydrogens (tertiary/aromatic N) is 3. The molecule has 29 heavy (non-hydrogen) atoms. The van der Waals surface area contributed by atoms with Crippen LogP contribution in [0.1, 0.15) is 57.2 Å². The third-order valence-electron chi connectivity index (χ3n) is 5.71. The van der Waals surface area contributed by atoms with Gasteiger partial charge in [-0.25, -0.2) is 15.0 Å².